The van der Waals surface area contributed by atoms with Crippen molar-refractivity contribution in [1.29, 1.82) is 0 Å². The number of Topliss-reactive ketones (excluding diaryl/α,β-unsaturated/α-hetero) is 1. The summed E-state index contributed by atoms with van der Waals surface area (Å²) in [6.07, 6.45) is 0. The van der Waals surface area contributed by atoms with Crippen LogP contribution < -0.4 is 0 Å². The first-order valence-corrected chi connectivity index (χ1v) is 5.82. The summed E-state index contributed by atoms with van der Waals surface area (Å²) in [6.45, 7) is 11.0. The van der Waals surface area contributed by atoms with E-state index in [1.165, 1.54) is 0 Å². The molecule has 1 amide bonds. The van der Waals surface area contributed by atoms with Gasteiger partial charge in [0.05, 0.1) is 6.54 Å². The van der Waals surface area contributed by atoms with Crippen LogP contribution in [-0.4, -0.2) is 54.2 Å². The van der Waals surface area contributed by atoms with E-state index in [1.807, 2.05) is 25.7 Å². The van der Waals surface area contributed by atoms with E-state index >= 15 is 0 Å². The van der Waals surface area contributed by atoms with Crippen LogP contribution in [0.2, 0.25) is 0 Å². The van der Waals surface area contributed by atoms with Gasteiger partial charge < -0.3 is 4.90 Å². The van der Waals surface area contributed by atoms with Crippen molar-refractivity contribution < 1.29 is 9.59 Å². The summed E-state index contributed by atoms with van der Waals surface area (Å²) in [4.78, 5) is 26.9. The molecular formula is C12H22N2O2. The second-order valence-electron chi connectivity index (χ2n) is 5.46. The lowest BCUT2D eigenvalue weighted by atomic mass is 9.90. The lowest BCUT2D eigenvalue weighted by Gasteiger charge is -2.34. The topological polar surface area (TPSA) is 40.6 Å². The van der Waals surface area contributed by atoms with Crippen molar-refractivity contribution in [2.75, 3.05) is 32.7 Å². The Labute approximate surface area is 97.6 Å². The molecule has 0 aromatic heterocycles. The quantitative estimate of drug-likeness (QED) is 0.698. The number of rotatable bonds is 2. The first-order chi connectivity index (χ1) is 7.30. The molecule has 4 heteroatoms. The molecule has 92 valence electrons. The Morgan fingerprint density at radius 3 is 1.94 bits per heavy atom. The van der Waals surface area contributed by atoms with Crippen molar-refractivity contribution in [2.24, 2.45) is 5.41 Å². The normalized spacial score (nSPS) is 18.6. The van der Waals surface area contributed by atoms with Crippen molar-refractivity contribution in [2.45, 2.75) is 27.7 Å². The summed E-state index contributed by atoms with van der Waals surface area (Å²) in [5.41, 5.74) is -0.266. The van der Waals surface area contributed by atoms with Crippen LogP contribution >= 0.6 is 0 Å². The van der Waals surface area contributed by atoms with Gasteiger partial charge in [-0.15, -0.1) is 0 Å². The Balaban J connectivity index is 2.38. The second kappa shape index (κ2) is 4.95. The summed E-state index contributed by atoms with van der Waals surface area (Å²) >= 11 is 0. The van der Waals surface area contributed by atoms with Crippen molar-refractivity contribution in [3.63, 3.8) is 0 Å². The van der Waals surface area contributed by atoms with E-state index in [0.29, 0.717) is 6.54 Å². The molecule has 0 radical (unpaired) electrons. The highest BCUT2D eigenvalue weighted by molar-refractivity contribution is 5.85. The largest absolute Gasteiger partial charge is 0.340 e. The zero-order valence-corrected chi connectivity index (χ0v) is 10.7. The van der Waals surface area contributed by atoms with Crippen LogP contribution in [0.1, 0.15) is 27.7 Å². The van der Waals surface area contributed by atoms with Crippen LogP contribution in [0.3, 0.4) is 0 Å². The molecule has 0 bridgehead atoms. The third-order valence-electron chi connectivity index (χ3n) is 3.02. The van der Waals surface area contributed by atoms with Crippen LogP contribution in [0.4, 0.5) is 0 Å². The van der Waals surface area contributed by atoms with Gasteiger partial charge in [-0.05, 0) is 0 Å². The first kappa shape index (κ1) is 13.2. The van der Waals surface area contributed by atoms with Gasteiger partial charge in [0.25, 0.3) is 0 Å². The highest BCUT2D eigenvalue weighted by Gasteiger charge is 2.25. The zero-order valence-electron chi connectivity index (χ0n) is 10.7. The molecular weight excluding hydrogens is 204 g/mol. The molecule has 0 aliphatic carbocycles. The summed E-state index contributed by atoms with van der Waals surface area (Å²) in [6, 6.07) is 0. The van der Waals surface area contributed by atoms with Gasteiger partial charge in [0, 0.05) is 38.5 Å². The van der Waals surface area contributed by atoms with E-state index in [0.717, 1.165) is 26.2 Å². The van der Waals surface area contributed by atoms with Gasteiger partial charge in [-0.25, -0.2) is 0 Å². The van der Waals surface area contributed by atoms with Crippen molar-refractivity contribution in [3.05, 3.63) is 0 Å². The minimum absolute atomic E-state index is 0.127. The Morgan fingerprint density at radius 2 is 1.56 bits per heavy atom. The Kier molecular flexibility index (Phi) is 4.08. The van der Waals surface area contributed by atoms with Gasteiger partial charge in [-0.1, -0.05) is 20.8 Å². The van der Waals surface area contributed by atoms with E-state index in [-0.39, 0.29) is 17.1 Å². The van der Waals surface area contributed by atoms with Crippen LogP contribution in [0.25, 0.3) is 0 Å². The molecule has 1 heterocycles. The Morgan fingerprint density at radius 1 is 1.06 bits per heavy atom. The number of piperazine rings is 1. The smallest absolute Gasteiger partial charge is 0.219 e. The molecule has 1 saturated heterocycles. The fraction of sp³-hybridized carbons (Fsp3) is 0.833. The molecule has 1 aliphatic rings. The van der Waals surface area contributed by atoms with E-state index < -0.39 is 0 Å². The van der Waals surface area contributed by atoms with Crippen molar-refractivity contribution >= 4 is 11.7 Å². The first-order valence-electron chi connectivity index (χ1n) is 5.82. The van der Waals surface area contributed by atoms with Gasteiger partial charge >= 0.3 is 0 Å². The monoisotopic (exact) mass is 226 g/mol. The summed E-state index contributed by atoms with van der Waals surface area (Å²) in [5.74, 6) is 0.394. The number of carbonyl (C=O) groups excluding carboxylic acids is 2. The summed E-state index contributed by atoms with van der Waals surface area (Å²) in [7, 11) is 0. The van der Waals surface area contributed by atoms with E-state index in [4.69, 9.17) is 0 Å². The van der Waals surface area contributed by atoms with Crippen LogP contribution in [0.15, 0.2) is 0 Å². The highest BCUT2D eigenvalue weighted by Crippen LogP contribution is 2.15. The SMILES string of the molecule is CC(=O)N1CCN(CC(=O)C(C)(C)C)CC1. The molecule has 1 aliphatic heterocycles. The number of nitrogens with zero attached hydrogens (tertiary/aromatic N) is 2. The fourth-order valence-corrected chi connectivity index (χ4v) is 1.66. The minimum Gasteiger partial charge on any atom is -0.340 e. The predicted octanol–water partition coefficient (Wildman–Crippen LogP) is 0.766. The number of hydrogen-bond acceptors (Lipinski definition) is 3. The molecule has 1 fully saturated rings. The number of carbonyl (C=O) groups is 2. The van der Waals surface area contributed by atoms with Crippen molar-refractivity contribution in [1.82, 2.24) is 9.80 Å². The second-order valence-corrected chi connectivity index (χ2v) is 5.46. The maximum absolute atomic E-state index is 11.8. The molecule has 1 rings (SSSR count). The zero-order chi connectivity index (χ0) is 12.3. The number of hydrogen-bond donors (Lipinski definition) is 0. The number of ketones is 1. The predicted molar refractivity (Wildman–Crippen MR) is 63.2 cm³/mol. The van der Waals surface area contributed by atoms with E-state index in [2.05, 4.69) is 4.90 Å². The van der Waals surface area contributed by atoms with Gasteiger partial charge in [0.1, 0.15) is 0 Å². The Hall–Kier alpha value is -0.900. The molecule has 0 unspecified atom stereocenters. The Bertz CT molecular complexity index is 273. The van der Waals surface area contributed by atoms with Gasteiger partial charge in [0.15, 0.2) is 5.78 Å². The molecule has 4 nitrogen and oxygen atoms in total. The maximum Gasteiger partial charge on any atom is 0.219 e. The highest BCUT2D eigenvalue weighted by atomic mass is 16.2. The van der Waals surface area contributed by atoms with Crippen LogP contribution in [-0.2, 0) is 9.59 Å². The number of amides is 1. The van der Waals surface area contributed by atoms with E-state index in [9.17, 15) is 9.59 Å². The lowest BCUT2D eigenvalue weighted by Crippen LogP contribution is -2.50. The molecule has 0 saturated carbocycles. The summed E-state index contributed by atoms with van der Waals surface area (Å²) < 4.78 is 0. The third-order valence-corrected chi connectivity index (χ3v) is 3.02. The third kappa shape index (κ3) is 3.59. The lowest BCUT2D eigenvalue weighted by molar-refractivity contribution is -0.131. The van der Waals surface area contributed by atoms with Crippen LogP contribution in [0, 0.1) is 5.41 Å². The standard InChI is InChI=1S/C12H22N2O2/c1-10(15)14-7-5-13(6-8-14)9-11(16)12(2,3)4/h5-9H2,1-4H3. The molecule has 0 N–H and O–H groups in total. The molecule has 0 aromatic carbocycles. The van der Waals surface area contributed by atoms with Crippen molar-refractivity contribution in [3.8, 4) is 0 Å². The molecule has 0 atom stereocenters. The molecule has 16 heavy (non-hydrogen) atoms. The van der Waals surface area contributed by atoms with Gasteiger partial charge in [-0.3, -0.25) is 14.5 Å². The summed E-state index contributed by atoms with van der Waals surface area (Å²) in [5, 5.41) is 0. The maximum atomic E-state index is 11.8. The van der Waals surface area contributed by atoms with Gasteiger partial charge in [0.2, 0.25) is 5.91 Å². The average molecular weight is 226 g/mol. The average Bonchev–Trinajstić information content (AvgIpc) is 2.17. The van der Waals surface area contributed by atoms with E-state index in [1.54, 1.807) is 6.92 Å². The molecule has 0 spiro atoms. The van der Waals surface area contributed by atoms with Crippen LogP contribution in [0.5, 0.6) is 0 Å². The minimum atomic E-state index is -0.266. The fourth-order valence-electron chi connectivity index (χ4n) is 1.66. The molecule has 0 aromatic rings. The van der Waals surface area contributed by atoms with Gasteiger partial charge in [-0.2, -0.15) is 0 Å².